The zero-order valence-electron chi connectivity index (χ0n) is 16.2. The predicted octanol–water partition coefficient (Wildman–Crippen LogP) is 1.64. The first kappa shape index (κ1) is 21.8. The van der Waals surface area contributed by atoms with E-state index in [2.05, 4.69) is 5.32 Å². The van der Waals surface area contributed by atoms with Crippen LogP contribution in [0.1, 0.15) is 48.9 Å². The first-order valence-corrected chi connectivity index (χ1v) is 9.59. The number of ether oxygens (including phenoxy) is 1. The Labute approximate surface area is 164 Å². The summed E-state index contributed by atoms with van der Waals surface area (Å²) >= 11 is 0. The van der Waals surface area contributed by atoms with Gasteiger partial charge in [0.1, 0.15) is 0 Å². The third kappa shape index (κ3) is 6.02. The zero-order chi connectivity index (χ0) is 20.5. The van der Waals surface area contributed by atoms with Gasteiger partial charge in [-0.25, -0.2) is 4.39 Å². The van der Waals surface area contributed by atoms with Crippen molar-refractivity contribution in [3.05, 3.63) is 29.6 Å². The predicted molar refractivity (Wildman–Crippen MR) is 103 cm³/mol. The Morgan fingerprint density at radius 2 is 2.04 bits per heavy atom. The van der Waals surface area contributed by atoms with E-state index in [1.165, 1.54) is 19.2 Å². The van der Waals surface area contributed by atoms with E-state index < -0.39 is 5.82 Å². The number of carbonyl (C=O) groups is 3. The second kappa shape index (κ2) is 10.8. The zero-order valence-corrected chi connectivity index (χ0v) is 16.2. The van der Waals surface area contributed by atoms with Gasteiger partial charge in [-0.1, -0.05) is 0 Å². The van der Waals surface area contributed by atoms with Crippen molar-refractivity contribution in [3.63, 3.8) is 0 Å². The molecular weight excluding hydrogens is 365 g/mol. The maximum atomic E-state index is 13.8. The molecule has 1 aliphatic heterocycles. The van der Waals surface area contributed by atoms with Crippen LogP contribution in [0.5, 0.6) is 5.75 Å². The standard InChI is InChI=1S/C20H28FN3O4/c1-28-18-7-5-14(12-16(18)21)17(25)6-8-20(27)24-11-3-2-4-15(24)13-23-19(26)9-10-22/h5,7,12,15H,2-4,6,8-11,13,22H2,1H3,(H,23,26). The molecule has 1 aromatic carbocycles. The minimum absolute atomic E-state index is 0.00730. The van der Waals surface area contributed by atoms with Crippen molar-refractivity contribution in [2.24, 2.45) is 5.73 Å². The van der Waals surface area contributed by atoms with Gasteiger partial charge in [-0.2, -0.15) is 0 Å². The molecule has 154 valence electrons. The van der Waals surface area contributed by atoms with Gasteiger partial charge in [0, 0.05) is 50.5 Å². The number of methoxy groups -OCH3 is 1. The lowest BCUT2D eigenvalue weighted by Gasteiger charge is -2.36. The van der Waals surface area contributed by atoms with Gasteiger partial charge in [-0.05, 0) is 37.5 Å². The summed E-state index contributed by atoms with van der Waals surface area (Å²) in [6, 6.07) is 3.94. The smallest absolute Gasteiger partial charge is 0.223 e. The number of piperidine rings is 1. The number of carbonyl (C=O) groups excluding carboxylic acids is 3. The van der Waals surface area contributed by atoms with E-state index in [-0.39, 0.29) is 60.8 Å². The molecule has 0 bridgehead atoms. The molecule has 2 rings (SSSR count). The van der Waals surface area contributed by atoms with Crippen LogP contribution in [0.4, 0.5) is 4.39 Å². The quantitative estimate of drug-likeness (QED) is 0.621. The minimum atomic E-state index is -0.607. The van der Waals surface area contributed by atoms with Crippen LogP contribution in [0.2, 0.25) is 0 Å². The fraction of sp³-hybridized carbons (Fsp3) is 0.550. The lowest BCUT2D eigenvalue weighted by atomic mass is 10.00. The molecule has 0 spiro atoms. The van der Waals surface area contributed by atoms with Gasteiger partial charge < -0.3 is 20.7 Å². The highest BCUT2D eigenvalue weighted by Gasteiger charge is 2.27. The Balaban J connectivity index is 1.89. The number of likely N-dealkylation sites (tertiary alicyclic amines) is 1. The summed E-state index contributed by atoms with van der Waals surface area (Å²) in [6.45, 7) is 1.29. The van der Waals surface area contributed by atoms with Crippen LogP contribution in [-0.2, 0) is 9.59 Å². The molecule has 0 saturated carbocycles. The van der Waals surface area contributed by atoms with Crippen LogP contribution in [-0.4, -0.2) is 55.3 Å². The number of ketones is 1. The van der Waals surface area contributed by atoms with Gasteiger partial charge in [0.05, 0.1) is 7.11 Å². The minimum Gasteiger partial charge on any atom is -0.494 e. The molecule has 0 aromatic heterocycles. The van der Waals surface area contributed by atoms with E-state index in [1.807, 2.05) is 0 Å². The molecule has 0 aliphatic carbocycles. The van der Waals surface area contributed by atoms with Gasteiger partial charge in [-0.15, -0.1) is 0 Å². The molecule has 2 amide bonds. The molecule has 8 heteroatoms. The molecule has 1 atom stereocenters. The Morgan fingerprint density at radius 3 is 2.71 bits per heavy atom. The van der Waals surface area contributed by atoms with E-state index in [4.69, 9.17) is 10.5 Å². The number of nitrogens with two attached hydrogens (primary N) is 1. The van der Waals surface area contributed by atoms with Crippen molar-refractivity contribution in [2.75, 3.05) is 26.7 Å². The topological polar surface area (TPSA) is 102 Å². The summed E-state index contributed by atoms with van der Waals surface area (Å²) in [4.78, 5) is 38.3. The van der Waals surface area contributed by atoms with E-state index in [0.717, 1.165) is 25.3 Å². The number of nitrogens with one attached hydrogen (secondary N) is 1. The molecule has 7 nitrogen and oxygen atoms in total. The van der Waals surface area contributed by atoms with E-state index >= 15 is 0 Å². The molecular formula is C20H28FN3O4. The van der Waals surface area contributed by atoms with Crippen molar-refractivity contribution < 1.29 is 23.5 Å². The summed E-state index contributed by atoms with van der Waals surface area (Å²) in [7, 11) is 1.35. The number of halogens is 1. The first-order chi connectivity index (χ1) is 13.5. The Hall–Kier alpha value is -2.48. The second-order valence-electron chi connectivity index (χ2n) is 6.85. The number of hydrogen-bond acceptors (Lipinski definition) is 5. The maximum Gasteiger partial charge on any atom is 0.223 e. The van der Waals surface area contributed by atoms with E-state index in [0.29, 0.717) is 13.1 Å². The Kier molecular flexibility index (Phi) is 8.38. The second-order valence-corrected chi connectivity index (χ2v) is 6.85. The molecule has 1 aliphatic rings. The van der Waals surface area contributed by atoms with Crippen LogP contribution in [0.3, 0.4) is 0 Å². The molecule has 3 N–H and O–H groups in total. The first-order valence-electron chi connectivity index (χ1n) is 9.59. The summed E-state index contributed by atoms with van der Waals surface area (Å²) in [6.07, 6.45) is 3.02. The number of rotatable bonds is 9. The van der Waals surface area contributed by atoms with Crippen LogP contribution < -0.4 is 15.8 Å². The highest BCUT2D eigenvalue weighted by atomic mass is 19.1. The van der Waals surface area contributed by atoms with Crippen molar-refractivity contribution in [3.8, 4) is 5.75 Å². The van der Waals surface area contributed by atoms with Crippen molar-refractivity contribution in [2.45, 2.75) is 44.6 Å². The van der Waals surface area contributed by atoms with Crippen LogP contribution in [0.25, 0.3) is 0 Å². The molecule has 28 heavy (non-hydrogen) atoms. The summed E-state index contributed by atoms with van der Waals surface area (Å²) < 4.78 is 18.6. The summed E-state index contributed by atoms with van der Waals surface area (Å²) in [5, 5.41) is 2.81. The normalized spacial score (nSPS) is 16.5. The van der Waals surface area contributed by atoms with Crippen molar-refractivity contribution in [1.82, 2.24) is 10.2 Å². The highest BCUT2D eigenvalue weighted by Crippen LogP contribution is 2.21. The molecule has 1 saturated heterocycles. The van der Waals surface area contributed by atoms with Gasteiger partial charge in [0.25, 0.3) is 0 Å². The average molecular weight is 393 g/mol. The Bertz CT molecular complexity index is 711. The largest absolute Gasteiger partial charge is 0.494 e. The maximum absolute atomic E-state index is 13.8. The van der Waals surface area contributed by atoms with Gasteiger partial charge in [0.2, 0.25) is 11.8 Å². The lowest BCUT2D eigenvalue weighted by Crippen LogP contribution is -2.49. The van der Waals surface area contributed by atoms with Crippen molar-refractivity contribution in [1.29, 1.82) is 0 Å². The van der Waals surface area contributed by atoms with E-state index in [9.17, 15) is 18.8 Å². The summed E-state index contributed by atoms with van der Waals surface area (Å²) in [5.41, 5.74) is 5.59. The molecule has 1 aromatic rings. The third-order valence-electron chi connectivity index (χ3n) is 4.89. The van der Waals surface area contributed by atoms with E-state index in [1.54, 1.807) is 4.90 Å². The Morgan fingerprint density at radius 1 is 1.25 bits per heavy atom. The third-order valence-corrected chi connectivity index (χ3v) is 4.89. The van der Waals surface area contributed by atoms with Crippen LogP contribution in [0.15, 0.2) is 18.2 Å². The molecule has 1 fully saturated rings. The van der Waals surface area contributed by atoms with Gasteiger partial charge in [0.15, 0.2) is 17.3 Å². The molecule has 1 unspecified atom stereocenters. The van der Waals surface area contributed by atoms with Gasteiger partial charge in [-0.3, -0.25) is 14.4 Å². The number of nitrogens with zero attached hydrogens (tertiary/aromatic N) is 1. The summed E-state index contributed by atoms with van der Waals surface area (Å²) in [5.74, 6) is -1.08. The number of Topliss-reactive ketones (excluding diaryl/α,β-unsaturated/α-hetero) is 1. The molecule has 1 heterocycles. The van der Waals surface area contributed by atoms with Gasteiger partial charge >= 0.3 is 0 Å². The lowest BCUT2D eigenvalue weighted by molar-refractivity contribution is -0.135. The number of benzene rings is 1. The highest BCUT2D eigenvalue weighted by molar-refractivity contribution is 5.98. The fourth-order valence-corrected chi connectivity index (χ4v) is 3.34. The van der Waals surface area contributed by atoms with Crippen molar-refractivity contribution >= 4 is 17.6 Å². The monoisotopic (exact) mass is 393 g/mol. The number of amides is 2. The average Bonchev–Trinajstić information content (AvgIpc) is 2.70. The fourth-order valence-electron chi connectivity index (χ4n) is 3.34. The number of hydrogen-bond donors (Lipinski definition) is 2. The van der Waals surface area contributed by atoms with Crippen LogP contribution in [0, 0.1) is 5.82 Å². The van der Waals surface area contributed by atoms with Crippen LogP contribution >= 0.6 is 0 Å². The SMILES string of the molecule is COc1ccc(C(=O)CCC(=O)N2CCCCC2CNC(=O)CCN)cc1F. The molecule has 0 radical (unpaired) electrons.